The number of benzene rings is 2. The molecule has 0 bridgehead atoms. The number of carbonyl (C=O) groups excluding carboxylic acids is 1. The van der Waals surface area contributed by atoms with E-state index in [1.165, 1.54) is 12.8 Å². The van der Waals surface area contributed by atoms with Crippen molar-refractivity contribution in [3.8, 4) is 17.2 Å². The Labute approximate surface area is 193 Å². The number of ether oxygens (including phenoxy) is 3. The van der Waals surface area contributed by atoms with Crippen molar-refractivity contribution < 1.29 is 23.4 Å². The van der Waals surface area contributed by atoms with Crippen LogP contribution in [0.1, 0.15) is 49.5 Å². The lowest BCUT2D eigenvalue weighted by Crippen LogP contribution is -2.41. The third-order valence-electron chi connectivity index (χ3n) is 6.78. The number of piperidine rings is 1. The SMILES string of the molecule is COc1ccc2oc(C[C@H]3C[C@@H](c4ccc(OC)c(OC5CCCC5)c4)CNC3=O)nc2c1. The molecule has 33 heavy (non-hydrogen) atoms. The zero-order valence-corrected chi connectivity index (χ0v) is 19.1. The van der Waals surface area contributed by atoms with Crippen molar-refractivity contribution >= 4 is 17.0 Å². The molecule has 7 nitrogen and oxygen atoms in total. The van der Waals surface area contributed by atoms with Gasteiger partial charge in [-0.05, 0) is 61.9 Å². The maximum atomic E-state index is 12.6. The van der Waals surface area contributed by atoms with Gasteiger partial charge in [-0.2, -0.15) is 0 Å². The van der Waals surface area contributed by atoms with E-state index < -0.39 is 0 Å². The molecule has 1 aromatic heterocycles. The highest BCUT2D eigenvalue weighted by molar-refractivity contribution is 5.80. The minimum absolute atomic E-state index is 0.0435. The van der Waals surface area contributed by atoms with Crippen LogP contribution in [-0.4, -0.2) is 37.8 Å². The molecule has 1 N–H and O–H groups in total. The number of methoxy groups -OCH3 is 2. The Balaban J connectivity index is 1.32. The van der Waals surface area contributed by atoms with Crippen molar-refractivity contribution in [2.24, 2.45) is 5.92 Å². The molecule has 1 amide bonds. The fourth-order valence-electron chi connectivity index (χ4n) is 4.94. The van der Waals surface area contributed by atoms with Crippen LogP contribution in [0.25, 0.3) is 11.1 Å². The minimum atomic E-state index is -0.208. The first kappa shape index (κ1) is 21.6. The van der Waals surface area contributed by atoms with Crippen LogP contribution in [0.2, 0.25) is 0 Å². The van der Waals surface area contributed by atoms with Crippen LogP contribution in [0.4, 0.5) is 0 Å². The molecule has 5 rings (SSSR count). The summed E-state index contributed by atoms with van der Waals surface area (Å²) in [4.78, 5) is 17.2. The highest BCUT2D eigenvalue weighted by atomic mass is 16.5. The second kappa shape index (κ2) is 9.33. The summed E-state index contributed by atoms with van der Waals surface area (Å²) >= 11 is 0. The highest BCUT2D eigenvalue weighted by Gasteiger charge is 2.31. The zero-order chi connectivity index (χ0) is 22.8. The molecule has 0 unspecified atom stereocenters. The first-order chi connectivity index (χ1) is 16.1. The number of nitrogens with zero attached hydrogens (tertiary/aromatic N) is 1. The Kier molecular flexibility index (Phi) is 6.11. The molecule has 1 saturated heterocycles. The van der Waals surface area contributed by atoms with Crippen molar-refractivity contribution in [2.45, 2.75) is 50.5 Å². The van der Waals surface area contributed by atoms with Gasteiger partial charge < -0.3 is 23.9 Å². The molecule has 174 valence electrons. The molecule has 7 heteroatoms. The summed E-state index contributed by atoms with van der Waals surface area (Å²) in [6, 6.07) is 11.7. The summed E-state index contributed by atoms with van der Waals surface area (Å²) in [6.07, 6.45) is 6.04. The molecule has 0 radical (unpaired) electrons. The van der Waals surface area contributed by atoms with Gasteiger partial charge in [0.1, 0.15) is 11.3 Å². The number of oxazole rings is 1. The summed E-state index contributed by atoms with van der Waals surface area (Å²) in [5.74, 6) is 2.87. The van der Waals surface area contributed by atoms with E-state index >= 15 is 0 Å². The maximum Gasteiger partial charge on any atom is 0.223 e. The van der Waals surface area contributed by atoms with E-state index in [0.29, 0.717) is 24.4 Å². The molecular formula is C26H30N2O5. The van der Waals surface area contributed by atoms with Gasteiger partial charge in [0.15, 0.2) is 23.0 Å². The molecule has 2 atom stereocenters. The predicted octanol–water partition coefficient (Wildman–Crippen LogP) is 4.63. The smallest absolute Gasteiger partial charge is 0.223 e. The maximum absolute atomic E-state index is 12.6. The number of hydrogen-bond acceptors (Lipinski definition) is 6. The number of rotatable bonds is 7. The number of hydrogen-bond donors (Lipinski definition) is 1. The molecule has 2 heterocycles. The predicted molar refractivity (Wildman–Crippen MR) is 124 cm³/mol. The highest BCUT2D eigenvalue weighted by Crippen LogP contribution is 2.37. The largest absolute Gasteiger partial charge is 0.497 e. The summed E-state index contributed by atoms with van der Waals surface area (Å²) in [6.45, 7) is 0.606. The van der Waals surface area contributed by atoms with E-state index in [2.05, 4.69) is 22.4 Å². The van der Waals surface area contributed by atoms with Crippen LogP contribution >= 0.6 is 0 Å². The quantitative estimate of drug-likeness (QED) is 0.565. The number of carbonyl (C=O) groups is 1. The van der Waals surface area contributed by atoms with Crippen molar-refractivity contribution in [1.82, 2.24) is 10.3 Å². The lowest BCUT2D eigenvalue weighted by atomic mass is 9.83. The van der Waals surface area contributed by atoms with Gasteiger partial charge >= 0.3 is 0 Å². The average Bonchev–Trinajstić information content (AvgIpc) is 3.49. The van der Waals surface area contributed by atoms with E-state index in [1.807, 2.05) is 24.3 Å². The zero-order valence-electron chi connectivity index (χ0n) is 19.1. The summed E-state index contributed by atoms with van der Waals surface area (Å²) in [7, 11) is 3.29. The molecule has 3 aromatic rings. The molecule has 1 saturated carbocycles. The van der Waals surface area contributed by atoms with E-state index in [1.54, 1.807) is 14.2 Å². The topological polar surface area (TPSA) is 82.8 Å². The molecule has 1 aliphatic heterocycles. The Morgan fingerprint density at radius 2 is 1.91 bits per heavy atom. The second-order valence-electron chi connectivity index (χ2n) is 8.95. The number of fused-ring (bicyclic) bond motifs is 1. The Morgan fingerprint density at radius 1 is 1.06 bits per heavy atom. The second-order valence-corrected chi connectivity index (χ2v) is 8.95. The van der Waals surface area contributed by atoms with Crippen LogP contribution in [-0.2, 0) is 11.2 Å². The van der Waals surface area contributed by atoms with Gasteiger partial charge in [-0.3, -0.25) is 4.79 Å². The van der Waals surface area contributed by atoms with Gasteiger partial charge in [-0.1, -0.05) is 6.07 Å². The van der Waals surface area contributed by atoms with Gasteiger partial charge in [0.05, 0.1) is 20.3 Å². The molecule has 2 aliphatic rings. The van der Waals surface area contributed by atoms with Crippen molar-refractivity contribution in [1.29, 1.82) is 0 Å². The van der Waals surface area contributed by atoms with Gasteiger partial charge in [0, 0.05) is 30.9 Å². The van der Waals surface area contributed by atoms with Gasteiger partial charge in [0.2, 0.25) is 5.91 Å². The first-order valence-corrected chi connectivity index (χ1v) is 11.7. The van der Waals surface area contributed by atoms with E-state index in [0.717, 1.165) is 47.6 Å². The minimum Gasteiger partial charge on any atom is -0.497 e. The van der Waals surface area contributed by atoms with Gasteiger partial charge in [0.25, 0.3) is 0 Å². The standard InChI is InChI=1S/C26H30N2O5/c1-30-20-8-10-22-21(14-20)28-25(33-22)13-17-11-18(15-27-26(17)29)16-7-9-23(31-2)24(12-16)32-19-5-3-4-6-19/h7-10,12,14,17-19H,3-6,11,13,15H2,1-2H3,(H,27,29)/t17-,18-/m1/s1. The molecule has 2 aromatic carbocycles. The van der Waals surface area contributed by atoms with Crippen molar-refractivity contribution in [3.63, 3.8) is 0 Å². The first-order valence-electron chi connectivity index (χ1n) is 11.7. The van der Waals surface area contributed by atoms with E-state index in [-0.39, 0.29) is 23.8 Å². The summed E-state index contributed by atoms with van der Waals surface area (Å²) < 4.78 is 23.0. The van der Waals surface area contributed by atoms with Crippen molar-refractivity contribution in [3.05, 3.63) is 47.9 Å². The number of aromatic nitrogens is 1. The number of nitrogens with one attached hydrogen (secondary N) is 1. The van der Waals surface area contributed by atoms with Gasteiger partial charge in [-0.15, -0.1) is 0 Å². The van der Waals surface area contributed by atoms with Crippen LogP contribution in [0.5, 0.6) is 17.2 Å². The van der Waals surface area contributed by atoms with Crippen LogP contribution in [0.3, 0.4) is 0 Å². The third-order valence-corrected chi connectivity index (χ3v) is 6.78. The molecule has 1 aliphatic carbocycles. The average molecular weight is 451 g/mol. The fraction of sp³-hybridized carbons (Fsp3) is 0.462. The normalized spacial score (nSPS) is 21.2. The molecule has 2 fully saturated rings. The lowest BCUT2D eigenvalue weighted by molar-refractivity contribution is -0.127. The van der Waals surface area contributed by atoms with Crippen LogP contribution in [0.15, 0.2) is 40.8 Å². The third kappa shape index (κ3) is 4.63. The Hall–Kier alpha value is -3.22. The fourth-order valence-corrected chi connectivity index (χ4v) is 4.94. The van der Waals surface area contributed by atoms with Crippen molar-refractivity contribution in [2.75, 3.05) is 20.8 Å². The monoisotopic (exact) mass is 450 g/mol. The Morgan fingerprint density at radius 3 is 2.70 bits per heavy atom. The van der Waals surface area contributed by atoms with E-state index in [9.17, 15) is 4.79 Å². The molecular weight excluding hydrogens is 420 g/mol. The summed E-state index contributed by atoms with van der Waals surface area (Å²) in [5, 5.41) is 3.07. The summed E-state index contributed by atoms with van der Waals surface area (Å²) in [5.41, 5.74) is 2.58. The Bertz CT molecular complexity index is 1130. The number of amides is 1. The van der Waals surface area contributed by atoms with Crippen LogP contribution < -0.4 is 19.5 Å². The molecule has 0 spiro atoms. The van der Waals surface area contributed by atoms with Gasteiger partial charge in [-0.25, -0.2) is 4.98 Å². The van der Waals surface area contributed by atoms with Crippen LogP contribution in [0, 0.1) is 5.92 Å². The lowest BCUT2D eigenvalue weighted by Gasteiger charge is -2.29. The van der Waals surface area contributed by atoms with E-state index in [4.69, 9.17) is 18.6 Å².